The van der Waals surface area contributed by atoms with E-state index in [1.807, 2.05) is 30.3 Å². The van der Waals surface area contributed by atoms with E-state index in [0.717, 1.165) is 25.7 Å². The van der Waals surface area contributed by atoms with Crippen LogP contribution in [-0.2, 0) is 19.4 Å². The van der Waals surface area contributed by atoms with E-state index >= 15 is 0 Å². The summed E-state index contributed by atoms with van der Waals surface area (Å²) in [5, 5.41) is 16.1. The first-order valence-corrected chi connectivity index (χ1v) is 8.05. The standard InChI is InChI=1S/C5H5.2C4H10O.ClH.Ti/c1-2-4-5-3-1;2*1-2-3-4-5;;/h1-5H;2*5H,2-4H2,1H3;1H;/q-1;;;;+2/p-1. The summed E-state index contributed by atoms with van der Waals surface area (Å²) >= 11 is 1.47. The Morgan fingerprint density at radius 3 is 1.35 bits per heavy atom. The summed E-state index contributed by atoms with van der Waals surface area (Å²) < 4.78 is 0. The van der Waals surface area contributed by atoms with Crippen molar-refractivity contribution < 1.29 is 29.6 Å². The molecular formula is C13H25ClO2Ti. The molecule has 0 amide bonds. The topological polar surface area (TPSA) is 40.5 Å². The van der Waals surface area contributed by atoms with Crippen molar-refractivity contribution in [3.05, 3.63) is 30.3 Å². The molecule has 0 heterocycles. The Kier molecular flexibility index (Phi) is 39.5. The second-order valence-corrected chi connectivity index (χ2v) is 3.12. The van der Waals surface area contributed by atoms with Crippen LogP contribution in [0.3, 0.4) is 0 Å². The molecule has 1 aromatic rings. The quantitative estimate of drug-likeness (QED) is 0.658. The van der Waals surface area contributed by atoms with Gasteiger partial charge in [0.25, 0.3) is 0 Å². The van der Waals surface area contributed by atoms with Crippen LogP contribution in [0.1, 0.15) is 39.5 Å². The van der Waals surface area contributed by atoms with Crippen LogP contribution in [0.25, 0.3) is 0 Å². The fraction of sp³-hybridized carbons (Fsp3) is 0.615. The number of rotatable bonds is 4. The van der Waals surface area contributed by atoms with Crippen LogP contribution in [-0.4, -0.2) is 23.4 Å². The Hall–Kier alpha value is 0.274. The zero-order chi connectivity index (χ0) is 13.8. The molecule has 2 N–H and O–H groups in total. The maximum absolute atomic E-state index is 8.07. The van der Waals surface area contributed by atoms with Gasteiger partial charge in [0.15, 0.2) is 0 Å². The van der Waals surface area contributed by atoms with Gasteiger partial charge in [0.2, 0.25) is 0 Å². The van der Waals surface area contributed by atoms with Crippen molar-refractivity contribution in [2.24, 2.45) is 0 Å². The summed E-state index contributed by atoms with van der Waals surface area (Å²) in [7, 11) is 4.64. The van der Waals surface area contributed by atoms with Crippen molar-refractivity contribution in [1.29, 1.82) is 0 Å². The van der Waals surface area contributed by atoms with Gasteiger partial charge in [-0.25, -0.2) is 12.1 Å². The minimum Gasteiger partial charge on any atom is -0.214 e. The van der Waals surface area contributed by atoms with Crippen LogP contribution in [0.4, 0.5) is 0 Å². The number of aliphatic hydroxyl groups is 2. The summed E-state index contributed by atoms with van der Waals surface area (Å²) in [6.45, 7) is 4.79. The molecule has 0 aromatic heterocycles. The Balaban J connectivity index is -0.000000161. The molecule has 1 rings (SSSR count). The molecular weight excluding hydrogens is 271 g/mol. The van der Waals surface area contributed by atoms with E-state index < -0.39 is 0 Å². The Morgan fingerprint density at radius 1 is 0.941 bits per heavy atom. The van der Waals surface area contributed by atoms with Crippen LogP contribution in [0, 0.1) is 0 Å². The maximum atomic E-state index is 8.07. The predicted molar refractivity (Wildman–Crippen MR) is 71.9 cm³/mol. The first-order valence-electron chi connectivity index (χ1n) is 5.90. The van der Waals surface area contributed by atoms with Gasteiger partial charge in [-0.15, -0.1) is 0 Å². The van der Waals surface area contributed by atoms with Crippen molar-refractivity contribution >= 4 is 9.30 Å². The summed E-state index contributed by atoms with van der Waals surface area (Å²) in [6.07, 6.45) is 4.08. The SMILES string of the molecule is CCCCO.CCCCO.[Cl][Ti+].c1cc[cH-]c1. The van der Waals surface area contributed by atoms with Crippen LogP contribution < -0.4 is 0 Å². The van der Waals surface area contributed by atoms with Gasteiger partial charge in [-0.3, -0.25) is 0 Å². The molecule has 17 heavy (non-hydrogen) atoms. The van der Waals surface area contributed by atoms with Gasteiger partial charge in [0, 0.05) is 13.2 Å². The van der Waals surface area contributed by atoms with Crippen molar-refractivity contribution in [3.8, 4) is 0 Å². The molecule has 0 saturated carbocycles. The molecule has 4 heteroatoms. The second kappa shape index (κ2) is 29.9. The number of aliphatic hydroxyl groups excluding tert-OH is 2. The fourth-order valence-electron chi connectivity index (χ4n) is 0.637. The Labute approximate surface area is 122 Å². The van der Waals surface area contributed by atoms with Crippen LogP contribution in [0.15, 0.2) is 30.3 Å². The van der Waals surface area contributed by atoms with Crippen LogP contribution >= 0.6 is 9.30 Å². The number of hydrogen-bond donors (Lipinski definition) is 2. The smallest absolute Gasteiger partial charge is 0.172 e. The first kappa shape index (κ1) is 22.5. The first-order chi connectivity index (χ1) is 8.33. The third kappa shape index (κ3) is 38.6. The van der Waals surface area contributed by atoms with Crippen molar-refractivity contribution in [1.82, 2.24) is 0 Å². The van der Waals surface area contributed by atoms with Crippen molar-refractivity contribution in [2.75, 3.05) is 13.2 Å². The normalized spacial score (nSPS) is 7.53. The molecule has 0 aliphatic heterocycles. The average Bonchev–Trinajstić information content (AvgIpc) is 2.93. The number of halogens is 1. The van der Waals surface area contributed by atoms with Crippen molar-refractivity contribution in [3.63, 3.8) is 0 Å². The zero-order valence-electron chi connectivity index (χ0n) is 10.9. The van der Waals surface area contributed by atoms with Crippen molar-refractivity contribution in [2.45, 2.75) is 39.5 Å². The van der Waals surface area contributed by atoms with Gasteiger partial charge in [-0.05, 0) is 12.8 Å². The van der Waals surface area contributed by atoms with Crippen LogP contribution in [0.2, 0.25) is 0 Å². The molecule has 0 unspecified atom stereocenters. The maximum Gasteiger partial charge on any atom is -0.172 e. The van der Waals surface area contributed by atoms with Gasteiger partial charge in [0.1, 0.15) is 0 Å². The van der Waals surface area contributed by atoms with E-state index in [2.05, 4.69) is 23.2 Å². The van der Waals surface area contributed by atoms with E-state index in [9.17, 15) is 0 Å². The molecule has 0 saturated heterocycles. The monoisotopic (exact) mass is 296 g/mol. The largest absolute Gasteiger partial charge is 0.214 e. The molecule has 0 aliphatic carbocycles. The Morgan fingerprint density at radius 2 is 1.29 bits per heavy atom. The summed E-state index contributed by atoms with van der Waals surface area (Å²) in [6, 6.07) is 10.0. The molecule has 0 radical (unpaired) electrons. The van der Waals surface area contributed by atoms with E-state index in [1.54, 1.807) is 0 Å². The van der Waals surface area contributed by atoms with Gasteiger partial charge < -0.3 is 10.2 Å². The minimum absolute atomic E-state index is 0.344. The summed E-state index contributed by atoms with van der Waals surface area (Å²) in [4.78, 5) is 0. The molecule has 0 aliphatic rings. The third-order valence-corrected chi connectivity index (χ3v) is 1.58. The van der Waals surface area contributed by atoms with E-state index in [-0.39, 0.29) is 0 Å². The van der Waals surface area contributed by atoms with Crippen LogP contribution in [0.5, 0.6) is 0 Å². The molecule has 0 bridgehead atoms. The average molecular weight is 297 g/mol. The molecule has 1 aromatic carbocycles. The molecule has 100 valence electrons. The van der Waals surface area contributed by atoms with Gasteiger partial charge in [-0.1, -0.05) is 26.7 Å². The zero-order valence-corrected chi connectivity index (χ0v) is 13.2. The fourth-order valence-corrected chi connectivity index (χ4v) is 0.637. The molecule has 0 fully saturated rings. The number of hydrogen-bond acceptors (Lipinski definition) is 2. The Bertz CT molecular complexity index is 131. The van der Waals surface area contributed by atoms with E-state index in [1.165, 1.54) is 19.4 Å². The predicted octanol–water partition coefficient (Wildman–Crippen LogP) is 3.65. The van der Waals surface area contributed by atoms with E-state index in [4.69, 9.17) is 10.2 Å². The molecule has 0 spiro atoms. The minimum atomic E-state index is 0.344. The number of unbranched alkanes of at least 4 members (excludes halogenated alkanes) is 2. The molecule has 2 nitrogen and oxygen atoms in total. The third-order valence-electron chi connectivity index (χ3n) is 1.58. The summed E-state index contributed by atoms with van der Waals surface area (Å²) in [5.41, 5.74) is 0. The van der Waals surface area contributed by atoms with Gasteiger partial charge in [-0.2, -0.15) is 18.2 Å². The van der Waals surface area contributed by atoms with Gasteiger partial charge in [0.05, 0.1) is 0 Å². The summed E-state index contributed by atoms with van der Waals surface area (Å²) in [5.74, 6) is 0. The molecule has 0 atom stereocenters. The van der Waals surface area contributed by atoms with E-state index in [0.29, 0.717) is 13.2 Å². The second-order valence-electron chi connectivity index (χ2n) is 3.12. The van der Waals surface area contributed by atoms with Gasteiger partial charge >= 0.3 is 28.7 Å².